The summed E-state index contributed by atoms with van der Waals surface area (Å²) in [7, 11) is 0. The maximum Gasteiger partial charge on any atom is 0.262 e. The lowest BCUT2D eigenvalue weighted by Crippen LogP contribution is -2.41. The Labute approximate surface area is 168 Å². The van der Waals surface area contributed by atoms with E-state index in [-0.39, 0.29) is 33.8 Å². The van der Waals surface area contributed by atoms with Gasteiger partial charge in [-0.3, -0.25) is 19.3 Å². The van der Waals surface area contributed by atoms with Crippen molar-refractivity contribution in [3.63, 3.8) is 0 Å². The third kappa shape index (κ3) is 4.45. The summed E-state index contributed by atoms with van der Waals surface area (Å²) < 4.78 is 5.84. The van der Waals surface area contributed by atoms with Gasteiger partial charge in [-0.05, 0) is 30.9 Å². The summed E-state index contributed by atoms with van der Waals surface area (Å²) in [5.41, 5.74) is 0.327. The van der Waals surface area contributed by atoms with Crippen LogP contribution in [0.25, 0.3) is 0 Å². The maximum absolute atomic E-state index is 12.4. The van der Waals surface area contributed by atoms with E-state index in [4.69, 9.17) is 27.9 Å². The second-order valence-electron chi connectivity index (χ2n) is 7.03. The highest BCUT2D eigenvalue weighted by atomic mass is 35.5. The zero-order chi connectivity index (χ0) is 19.6. The molecule has 146 valence electrons. The van der Waals surface area contributed by atoms with Gasteiger partial charge in [0.25, 0.3) is 11.8 Å². The van der Waals surface area contributed by atoms with Crippen molar-refractivity contribution in [1.29, 1.82) is 0 Å². The molecule has 8 heteroatoms. The van der Waals surface area contributed by atoms with Crippen molar-refractivity contribution >= 4 is 40.9 Å². The minimum atomic E-state index is -0.545. The van der Waals surface area contributed by atoms with Crippen molar-refractivity contribution in [1.82, 2.24) is 10.2 Å². The van der Waals surface area contributed by atoms with Gasteiger partial charge in [0.05, 0.1) is 33.9 Å². The van der Waals surface area contributed by atoms with Crippen LogP contribution in [0.5, 0.6) is 0 Å². The SMILES string of the molecule is C[C@@H]1CCCC[C@@H]1OCCNC(=O)CN1C(=O)c2cc(Cl)c(Cl)cc2C1=O. The third-order valence-electron chi connectivity index (χ3n) is 5.10. The van der Waals surface area contributed by atoms with Crippen molar-refractivity contribution in [2.75, 3.05) is 19.7 Å². The Bertz CT molecular complexity index is 727. The number of nitrogens with zero attached hydrogens (tertiary/aromatic N) is 1. The van der Waals surface area contributed by atoms with Gasteiger partial charge in [0, 0.05) is 6.54 Å². The molecule has 2 atom stereocenters. The molecule has 0 unspecified atom stereocenters. The van der Waals surface area contributed by atoms with E-state index in [0.29, 0.717) is 19.1 Å². The Morgan fingerprint density at radius 1 is 1.15 bits per heavy atom. The van der Waals surface area contributed by atoms with Gasteiger partial charge in [-0.25, -0.2) is 0 Å². The van der Waals surface area contributed by atoms with Crippen molar-refractivity contribution in [2.24, 2.45) is 5.92 Å². The Kier molecular flexibility index (Phi) is 6.40. The molecule has 0 spiro atoms. The summed E-state index contributed by atoms with van der Waals surface area (Å²) in [6.45, 7) is 2.58. The molecular weight excluding hydrogens is 391 g/mol. The van der Waals surface area contributed by atoms with Gasteiger partial charge in [0.2, 0.25) is 5.91 Å². The largest absolute Gasteiger partial charge is 0.376 e. The number of amides is 3. The normalized spacial score (nSPS) is 22.1. The van der Waals surface area contributed by atoms with Crippen LogP contribution in [-0.4, -0.2) is 48.4 Å². The third-order valence-corrected chi connectivity index (χ3v) is 5.82. The Balaban J connectivity index is 1.48. The van der Waals surface area contributed by atoms with Crippen LogP contribution in [-0.2, 0) is 9.53 Å². The molecular formula is C19H22Cl2N2O4. The zero-order valence-electron chi connectivity index (χ0n) is 15.1. The van der Waals surface area contributed by atoms with E-state index >= 15 is 0 Å². The van der Waals surface area contributed by atoms with Crippen LogP contribution >= 0.6 is 23.2 Å². The summed E-state index contributed by atoms with van der Waals surface area (Å²) in [6, 6.07) is 2.72. The van der Waals surface area contributed by atoms with Crippen LogP contribution in [0.3, 0.4) is 0 Å². The van der Waals surface area contributed by atoms with Crippen LogP contribution in [0.4, 0.5) is 0 Å². The van der Waals surface area contributed by atoms with Crippen molar-refractivity contribution in [3.8, 4) is 0 Å². The number of hydrogen-bond acceptors (Lipinski definition) is 4. The van der Waals surface area contributed by atoms with Crippen LogP contribution in [0.15, 0.2) is 12.1 Å². The van der Waals surface area contributed by atoms with Gasteiger partial charge in [-0.15, -0.1) is 0 Å². The maximum atomic E-state index is 12.4. The summed E-state index contributed by atoms with van der Waals surface area (Å²) in [5.74, 6) is -0.972. The summed E-state index contributed by atoms with van der Waals surface area (Å²) in [5, 5.41) is 3.08. The number of carbonyl (C=O) groups is 3. The summed E-state index contributed by atoms with van der Waals surface area (Å²) >= 11 is 11.8. The average Bonchev–Trinajstić information content (AvgIpc) is 2.85. The number of benzene rings is 1. The van der Waals surface area contributed by atoms with E-state index < -0.39 is 17.7 Å². The molecule has 1 aromatic carbocycles. The van der Waals surface area contributed by atoms with E-state index in [9.17, 15) is 14.4 Å². The minimum Gasteiger partial charge on any atom is -0.376 e. The first-order valence-electron chi connectivity index (χ1n) is 9.12. The van der Waals surface area contributed by atoms with Crippen LogP contribution in [0.1, 0.15) is 53.3 Å². The number of nitrogens with one attached hydrogen (secondary N) is 1. The molecule has 1 N–H and O–H groups in total. The Morgan fingerprint density at radius 3 is 2.33 bits per heavy atom. The first-order valence-corrected chi connectivity index (χ1v) is 9.87. The number of rotatable bonds is 6. The fourth-order valence-corrected chi connectivity index (χ4v) is 3.88. The molecule has 3 amide bonds. The number of ether oxygens (including phenoxy) is 1. The average molecular weight is 413 g/mol. The summed E-state index contributed by atoms with van der Waals surface area (Å²) in [6.07, 6.45) is 4.88. The fraction of sp³-hybridized carbons (Fsp3) is 0.526. The van der Waals surface area contributed by atoms with Crippen molar-refractivity contribution in [3.05, 3.63) is 33.3 Å². The molecule has 0 saturated heterocycles. The van der Waals surface area contributed by atoms with Crippen LogP contribution < -0.4 is 5.32 Å². The molecule has 1 heterocycles. The topological polar surface area (TPSA) is 75.7 Å². The molecule has 0 aromatic heterocycles. The molecule has 3 rings (SSSR count). The molecule has 1 saturated carbocycles. The Hall–Kier alpha value is -1.63. The van der Waals surface area contributed by atoms with Crippen LogP contribution in [0.2, 0.25) is 10.0 Å². The zero-order valence-corrected chi connectivity index (χ0v) is 16.6. The predicted molar refractivity (Wildman–Crippen MR) is 102 cm³/mol. The van der Waals surface area contributed by atoms with Gasteiger partial charge in [0.15, 0.2) is 0 Å². The number of hydrogen-bond donors (Lipinski definition) is 1. The lowest BCUT2D eigenvalue weighted by molar-refractivity contribution is -0.121. The molecule has 0 bridgehead atoms. The smallest absolute Gasteiger partial charge is 0.262 e. The number of carbonyl (C=O) groups excluding carboxylic acids is 3. The molecule has 1 aliphatic heterocycles. The van der Waals surface area contributed by atoms with E-state index in [2.05, 4.69) is 12.2 Å². The van der Waals surface area contributed by atoms with E-state index in [1.165, 1.54) is 31.4 Å². The van der Waals surface area contributed by atoms with E-state index in [1.807, 2.05) is 0 Å². The van der Waals surface area contributed by atoms with Crippen molar-refractivity contribution < 1.29 is 19.1 Å². The monoisotopic (exact) mass is 412 g/mol. The van der Waals surface area contributed by atoms with E-state index in [1.54, 1.807) is 0 Å². The highest BCUT2D eigenvalue weighted by Gasteiger charge is 2.37. The quantitative estimate of drug-likeness (QED) is 0.574. The van der Waals surface area contributed by atoms with E-state index in [0.717, 1.165) is 11.3 Å². The molecule has 0 radical (unpaired) electrons. The highest BCUT2D eigenvalue weighted by molar-refractivity contribution is 6.43. The summed E-state index contributed by atoms with van der Waals surface area (Å²) in [4.78, 5) is 37.8. The molecule has 1 aromatic rings. The van der Waals surface area contributed by atoms with Gasteiger partial charge in [-0.1, -0.05) is 43.0 Å². The molecule has 6 nitrogen and oxygen atoms in total. The second-order valence-corrected chi connectivity index (χ2v) is 7.84. The fourth-order valence-electron chi connectivity index (χ4n) is 3.56. The molecule has 2 aliphatic rings. The first kappa shape index (κ1) is 20.1. The van der Waals surface area contributed by atoms with Gasteiger partial charge in [-0.2, -0.15) is 0 Å². The molecule has 1 fully saturated rings. The van der Waals surface area contributed by atoms with Gasteiger partial charge < -0.3 is 10.1 Å². The van der Waals surface area contributed by atoms with Crippen LogP contribution in [0, 0.1) is 5.92 Å². The van der Waals surface area contributed by atoms with Crippen molar-refractivity contribution in [2.45, 2.75) is 38.7 Å². The number of imide groups is 1. The number of halogens is 2. The molecule has 1 aliphatic carbocycles. The van der Waals surface area contributed by atoms with Gasteiger partial charge in [0.1, 0.15) is 6.54 Å². The minimum absolute atomic E-state index is 0.164. The first-order chi connectivity index (χ1) is 12.9. The predicted octanol–water partition coefficient (Wildman–Crippen LogP) is 3.30. The lowest BCUT2D eigenvalue weighted by Gasteiger charge is -2.28. The highest BCUT2D eigenvalue weighted by Crippen LogP contribution is 2.31. The molecule has 27 heavy (non-hydrogen) atoms. The standard InChI is InChI=1S/C19H22Cl2N2O4/c1-11-4-2-3-5-16(11)27-7-6-22-17(24)10-23-18(25)12-8-14(20)15(21)9-13(12)19(23)26/h8-9,11,16H,2-7,10H2,1H3,(H,22,24)/t11-,16+/m1/s1. The van der Waals surface area contributed by atoms with Gasteiger partial charge >= 0.3 is 0 Å². The second kappa shape index (κ2) is 8.59. The Morgan fingerprint density at radius 2 is 1.74 bits per heavy atom. The number of fused-ring (bicyclic) bond motifs is 1. The lowest BCUT2D eigenvalue weighted by atomic mass is 9.88.